The first-order chi connectivity index (χ1) is 8.25. The van der Waals surface area contributed by atoms with Crippen LogP contribution in [0.15, 0.2) is 30.6 Å². The summed E-state index contributed by atoms with van der Waals surface area (Å²) in [6.45, 7) is 0. The molecule has 0 N–H and O–H groups in total. The number of aromatic nitrogens is 5. The summed E-state index contributed by atoms with van der Waals surface area (Å²) in [6, 6.07) is 7.04. The van der Waals surface area contributed by atoms with Gasteiger partial charge in [-0.15, -0.1) is 5.10 Å². The van der Waals surface area contributed by atoms with Crippen molar-refractivity contribution in [3.8, 4) is 11.6 Å². The normalized spacial score (nSPS) is 10.9. The van der Waals surface area contributed by atoms with Crippen LogP contribution in [0.25, 0.3) is 16.9 Å². The highest BCUT2D eigenvalue weighted by atomic mass is 35.5. The molecule has 0 atom stereocenters. The number of halogens is 1. The van der Waals surface area contributed by atoms with Crippen molar-refractivity contribution >= 4 is 22.8 Å². The van der Waals surface area contributed by atoms with Crippen molar-refractivity contribution in [3.05, 3.63) is 35.6 Å². The fraction of sp³-hybridized carbons (Fsp3) is 0. The molecule has 0 aliphatic heterocycles. The van der Waals surface area contributed by atoms with Crippen LogP contribution in [0.5, 0.6) is 5.88 Å². The van der Waals surface area contributed by atoms with E-state index < -0.39 is 5.88 Å². The molecule has 0 amide bonds. The number of hydrogen-bond donors (Lipinski definition) is 0. The predicted molar refractivity (Wildman–Crippen MR) is 58.9 cm³/mol. The number of hydrogen-bond acceptors (Lipinski definition) is 5. The lowest BCUT2D eigenvalue weighted by Gasteiger charge is -2.04. The lowest BCUT2D eigenvalue weighted by Crippen LogP contribution is -1.99. The molecular weight excluding hydrogens is 242 g/mol. The zero-order valence-electron chi connectivity index (χ0n) is 8.41. The van der Waals surface area contributed by atoms with Crippen LogP contribution in [0.1, 0.15) is 0 Å². The molecule has 17 heavy (non-hydrogen) atoms. The Kier molecular flexibility index (Phi) is 2.15. The quantitative estimate of drug-likeness (QED) is 0.638. The second-order valence-electron chi connectivity index (χ2n) is 3.33. The Hall–Kier alpha value is -2.21. The van der Waals surface area contributed by atoms with Crippen LogP contribution >= 0.6 is 11.6 Å². The summed E-state index contributed by atoms with van der Waals surface area (Å²) in [5.74, 6) is -0.441. The topological polar surface area (TPSA) is 79.6 Å². The summed E-state index contributed by atoms with van der Waals surface area (Å²) in [4.78, 5) is 7.52. The average molecular weight is 247 g/mol. The van der Waals surface area contributed by atoms with E-state index >= 15 is 0 Å². The number of benzene rings is 1. The van der Waals surface area contributed by atoms with Crippen molar-refractivity contribution in [1.82, 2.24) is 25.0 Å². The minimum absolute atomic E-state index is 0.146. The molecule has 0 bridgehead atoms. The maximum atomic E-state index is 11.4. The molecule has 0 saturated heterocycles. The minimum atomic E-state index is -0.441. The van der Waals surface area contributed by atoms with Gasteiger partial charge >= 0.3 is 0 Å². The van der Waals surface area contributed by atoms with Gasteiger partial charge in [0, 0.05) is 10.9 Å². The second-order valence-corrected chi connectivity index (χ2v) is 3.77. The van der Waals surface area contributed by atoms with Crippen LogP contribution in [0.2, 0.25) is 5.02 Å². The lowest BCUT2D eigenvalue weighted by molar-refractivity contribution is -0.272. The maximum absolute atomic E-state index is 11.4. The smallest absolute Gasteiger partial charge is 0.186 e. The molecule has 0 fully saturated rings. The van der Waals surface area contributed by atoms with Gasteiger partial charge in [0.1, 0.15) is 11.8 Å². The van der Waals surface area contributed by atoms with E-state index in [0.29, 0.717) is 16.4 Å². The first-order valence-electron chi connectivity index (χ1n) is 4.75. The molecule has 2 heterocycles. The molecular formula is C10H5ClN5O-. The van der Waals surface area contributed by atoms with Crippen LogP contribution in [-0.2, 0) is 0 Å². The van der Waals surface area contributed by atoms with Gasteiger partial charge in [0.2, 0.25) is 0 Å². The lowest BCUT2D eigenvalue weighted by atomic mass is 10.3. The molecule has 6 nitrogen and oxygen atoms in total. The summed E-state index contributed by atoms with van der Waals surface area (Å²) in [7, 11) is 0. The van der Waals surface area contributed by atoms with Gasteiger partial charge in [-0.25, -0.2) is 4.98 Å². The number of nitrogens with zero attached hydrogens (tertiary/aromatic N) is 5. The minimum Gasteiger partial charge on any atom is -0.857 e. The Morgan fingerprint density at radius 3 is 2.94 bits per heavy atom. The molecule has 0 spiro atoms. The van der Waals surface area contributed by atoms with Gasteiger partial charge in [-0.1, -0.05) is 22.9 Å². The fourth-order valence-electron chi connectivity index (χ4n) is 1.51. The summed E-state index contributed by atoms with van der Waals surface area (Å²) in [5, 5.41) is 19.6. The summed E-state index contributed by atoms with van der Waals surface area (Å²) >= 11 is 5.89. The van der Waals surface area contributed by atoms with Crippen LogP contribution in [0.4, 0.5) is 0 Å². The summed E-state index contributed by atoms with van der Waals surface area (Å²) < 4.78 is 1.45. The SMILES string of the molecule is [O-]c1ncnc2c1nnn2-c1cccc(Cl)c1. The third kappa shape index (κ3) is 1.58. The van der Waals surface area contributed by atoms with Crippen LogP contribution in [-0.4, -0.2) is 25.0 Å². The molecule has 0 aliphatic carbocycles. The summed E-state index contributed by atoms with van der Waals surface area (Å²) in [6.07, 6.45) is 1.19. The van der Waals surface area contributed by atoms with Crippen molar-refractivity contribution in [3.63, 3.8) is 0 Å². The van der Waals surface area contributed by atoms with Gasteiger partial charge in [-0.3, -0.25) is 4.98 Å². The monoisotopic (exact) mass is 246 g/mol. The standard InChI is InChI=1S/C10H6ClN5O/c11-6-2-1-3-7(4-6)16-9-8(14-15-16)10(17)13-5-12-9/h1-5H,(H,12,13,17)/p-1. The average Bonchev–Trinajstić information content (AvgIpc) is 2.74. The van der Waals surface area contributed by atoms with Crippen molar-refractivity contribution < 1.29 is 5.11 Å². The van der Waals surface area contributed by atoms with Gasteiger partial charge in [-0.05, 0) is 18.2 Å². The Bertz CT molecular complexity index is 696. The predicted octanol–water partition coefficient (Wildman–Crippen LogP) is 0.937. The molecule has 2 aromatic heterocycles. The third-order valence-corrected chi connectivity index (χ3v) is 2.49. The molecule has 0 unspecified atom stereocenters. The highest BCUT2D eigenvalue weighted by Gasteiger charge is 2.08. The Morgan fingerprint density at radius 2 is 2.12 bits per heavy atom. The van der Waals surface area contributed by atoms with Gasteiger partial charge in [0.25, 0.3) is 0 Å². The number of rotatable bonds is 1. The van der Waals surface area contributed by atoms with Crippen molar-refractivity contribution in [2.24, 2.45) is 0 Å². The molecule has 84 valence electrons. The van der Waals surface area contributed by atoms with Crippen molar-refractivity contribution in [2.45, 2.75) is 0 Å². The molecule has 0 saturated carbocycles. The van der Waals surface area contributed by atoms with Crippen molar-refractivity contribution in [1.29, 1.82) is 0 Å². The maximum Gasteiger partial charge on any atom is 0.186 e. The van der Waals surface area contributed by atoms with Gasteiger partial charge in [0.15, 0.2) is 5.65 Å². The molecule has 7 heteroatoms. The van der Waals surface area contributed by atoms with Crippen LogP contribution < -0.4 is 5.11 Å². The highest BCUT2D eigenvalue weighted by Crippen LogP contribution is 2.19. The van der Waals surface area contributed by atoms with Crippen LogP contribution in [0, 0.1) is 0 Å². The van der Waals surface area contributed by atoms with Gasteiger partial charge < -0.3 is 5.11 Å². The molecule has 3 rings (SSSR count). The fourth-order valence-corrected chi connectivity index (χ4v) is 1.69. The molecule has 0 aliphatic rings. The van der Waals surface area contributed by atoms with Gasteiger partial charge in [-0.2, -0.15) is 4.68 Å². The zero-order chi connectivity index (χ0) is 11.8. The van der Waals surface area contributed by atoms with E-state index in [-0.39, 0.29) is 5.52 Å². The highest BCUT2D eigenvalue weighted by molar-refractivity contribution is 6.30. The van der Waals surface area contributed by atoms with E-state index in [0.717, 1.165) is 0 Å². The van der Waals surface area contributed by atoms with E-state index in [1.54, 1.807) is 24.3 Å². The van der Waals surface area contributed by atoms with Crippen LogP contribution in [0.3, 0.4) is 0 Å². The van der Waals surface area contributed by atoms with Gasteiger partial charge in [0.05, 0.1) is 5.69 Å². The van der Waals surface area contributed by atoms with E-state index in [2.05, 4.69) is 20.3 Å². The first-order valence-corrected chi connectivity index (χ1v) is 5.13. The molecule has 1 aromatic carbocycles. The molecule has 0 radical (unpaired) electrons. The Morgan fingerprint density at radius 1 is 1.24 bits per heavy atom. The number of fused-ring (bicyclic) bond motifs is 1. The largest absolute Gasteiger partial charge is 0.857 e. The summed E-state index contributed by atoms with van der Waals surface area (Å²) in [5.41, 5.74) is 1.21. The zero-order valence-corrected chi connectivity index (χ0v) is 9.16. The Balaban J connectivity index is 2.28. The second kappa shape index (κ2) is 3.67. The molecule has 3 aromatic rings. The van der Waals surface area contributed by atoms with E-state index in [1.807, 2.05) is 0 Å². The third-order valence-electron chi connectivity index (χ3n) is 2.26. The van der Waals surface area contributed by atoms with E-state index in [4.69, 9.17) is 11.6 Å². The van der Waals surface area contributed by atoms with E-state index in [9.17, 15) is 5.11 Å². The van der Waals surface area contributed by atoms with E-state index in [1.165, 1.54) is 11.0 Å². The first kappa shape index (κ1) is 9.98. The van der Waals surface area contributed by atoms with Crippen molar-refractivity contribution in [2.75, 3.05) is 0 Å². The Labute approximate surface area is 101 Å².